The monoisotopic (exact) mass is 434 g/mol. The zero-order chi connectivity index (χ0) is 20.6. The molecule has 0 spiro atoms. The minimum Gasteiger partial charge on any atom is -0.380 e. The van der Waals surface area contributed by atoms with E-state index in [1.807, 2.05) is 18.2 Å². The van der Waals surface area contributed by atoms with Crippen LogP contribution < -0.4 is 5.32 Å². The lowest BCUT2D eigenvalue weighted by molar-refractivity contribution is 0.468. The van der Waals surface area contributed by atoms with Crippen LogP contribution in [0.1, 0.15) is 11.5 Å². The molecule has 1 N–H and O–H groups in total. The first-order valence-corrected chi connectivity index (χ1v) is 10.9. The maximum atomic E-state index is 13.8. The fourth-order valence-electron chi connectivity index (χ4n) is 3.63. The average molecular weight is 435 g/mol. The van der Waals surface area contributed by atoms with Crippen molar-refractivity contribution in [2.75, 3.05) is 18.4 Å². The zero-order valence-corrected chi connectivity index (χ0v) is 17.2. The van der Waals surface area contributed by atoms with Gasteiger partial charge in [-0.1, -0.05) is 29.8 Å². The van der Waals surface area contributed by atoms with Crippen LogP contribution in [0.25, 0.3) is 0 Å². The summed E-state index contributed by atoms with van der Waals surface area (Å²) >= 11 is 6.08. The van der Waals surface area contributed by atoms with E-state index in [1.165, 1.54) is 29.0 Å². The van der Waals surface area contributed by atoms with Crippen molar-refractivity contribution in [2.24, 2.45) is 7.05 Å². The molecule has 1 saturated heterocycles. The van der Waals surface area contributed by atoms with E-state index < -0.39 is 10.0 Å². The van der Waals surface area contributed by atoms with E-state index in [4.69, 9.17) is 11.6 Å². The summed E-state index contributed by atoms with van der Waals surface area (Å²) in [6, 6.07) is 13.3. The van der Waals surface area contributed by atoms with Crippen molar-refractivity contribution in [3.63, 3.8) is 0 Å². The molecule has 0 amide bonds. The summed E-state index contributed by atoms with van der Waals surface area (Å²) in [7, 11) is -2.04. The lowest BCUT2D eigenvalue weighted by Crippen LogP contribution is -2.32. The molecule has 2 heterocycles. The quantitative estimate of drug-likeness (QED) is 0.667. The number of halogens is 2. The van der Waals surface area contributed by atoms with Crippen molar-refractivity contribution >= 4 is 27.3 Å². The second kappa shape index (κ2) is 7.78. The Hall–Kier alpha value is -2.42. The Labute approximate surface area is 174 Å². The number of rotatable bonds is 5. The lowest BCUT2D eigenvalue weighted by Gasteiger charge is -2.21. The molecular formula is C20H20ClFN4O2S. The summed E-state index contributed by atoms with van der Waals surface area (Å²) in [4.78, 5) is 4.00. The van der Waals surface area contributed by atoms with Crippen LogP contribution in [0, 0.1) is 5.82 Å². The number of imidazole rings is 1. The number of aryl methyl sites for hydroxylation is 1. The predicted molar refractivity (Wildman–Crippen MR) is 110 cm³/mol. The van der Waals surface area contributed by atoms with Crippen LogP contribution in [0.2, 0.25) is 5.02 Å². The Balaban J connectivity index is 1.67. The minimum absolute atomic E-state index is 0.00129. The van der Waals surface area contributed by atoms with Crippen LogP contribution in [-0.4, -0.2) is 41.4 Å². The first-order valence-electron chi connectivity index (χ1n) is 9.08. The Morgan fingerprint density at radius 1 is 1.17 bits per heavy atom. The smallest absolute Gasteiger partial charge is 0.262 e. The number of aromatic nitrogens is 2. The molecule has 2 atom stereocenters. The Morgan fingerprint density at radius 3 is 2.66 bits per heavy atom. The topological polar surface area (TPSA) is 67.2 Å². The van der Waals surface area contributed by atoms with Gasteiger partial charge in [0.05, 0.1) is 6.33 Å². The molecule has 1 aliphatic rings. The van der Waals surface area contributed by atoms with Gasteiger partial charge >= 0.3 is 0 Å². The molecule has 2 unspecified atom stereocenters. The van der Waals surface area contributed by atoms with Crippen LogP contribution in [0.5, 0.6) is 0 Å². The van der Waals surface area contributed by atoms with Crippen molar-refractivity contribution in [2.45, 2.75) is 17.0 Å². The van der Waals surface area contributed by atoms with E-state index in [0.29, 0.717) is 5.02 Å². The molecule has 4 rings (SSSR count). The second-order valence-electron chi connectivity index (χ2n) is 7.12. The first-order chi connectivity index (χ1) is 13.8. The second-order valence-corrected chi connectivity index (χ2v) is 9.44. The standard InChI is InChI=1S/C20H20ClFN4O2S/c1-25-12-20(23-13-25)29(27,28)26-10-18(14-4-2-6-16(22)8-14)19(11-26)24-17-7-3-5-15(21)9-17/h2-9,12-13,18-19,24H,10-11H2,1H3. The SMILES string of the molecule is Cn1cnc(S(=O)(=O)N2CC(Nc3cccc(Cl)c3)C(c3cccc(F)c3)C2)c1. The molecule has 29 heavy (non-hydrogen) atoms. The van der Waals surface area contributed by atoms with Gasteiger partial charge in [0.1, 0.15) is 5.82 Å². The van der Waals surface area contributed by atoms with Crippen LogP contribution in [-0.2, 0) is 17.1 Å². The molecule has 2 aromatic carbocycles. The van der Waals surface area contributed by atoms with E-state index in [9.17, 15) is 12.8 Å². The van der Waals surface area contributed by atoms with Crippen LogP contribution >= 0.6 is 11.6 Å². The molecule has 0 saturated carbocycles. The normalized spacial score (nSPS) is 20.1. The van der Waals surface area contributed by atoms with Gasteiger partial charge in [0.25, 0.3) is 10.0 Å². The number of nitrogens with one attached hydrogen (secondary N) is 1. The molecule has 0 bridgehead atoms. The third-order valence-corrected chi connectivity index (χ3v) is 6.98. The molecule has 1 aliphatic heterocycles. The lowest BCUT2D eigenvalue weighted by atomic mass is 9.94. The summed E-state index contributed by atoms with van der Waals surface area (Å²) in [6.45, 7) is 0.452. The summed E-state index contributed by atoms with van der Waals surface area (Å²) in [5.74, 6) is -0.585. The van der Waals surface area contributed by atoms with Crippen LogP contribution in [0.3, 0.4) is 0 Å². The largest absolute Gasteiger partial charge is 0.380 e. The van der Waals surface area contributed by atoms with E-state index in [0.717, 1.165) is 11.3 Å². The molecule has 0 radical (unpaired) electrons. The van der Waals surface area contributed by atoms with Gasteiger partial charge < -0.3 is 9.88 Å². The average Bonchev–Trinajstić information content (AvgIpc) is 3.29. The van der Waals surface area contributed by atoms with Crippen molar-refractivity contribution < 1.29 is 12.8 Å². The molecule has 1 fully saturated rings. The molecule has 3 aromatic rings. The maximum Gasteiger partial charge on any atom is 0.262 e. The highest BCUT2D eigenvalue weighted by molar-refractivity contribution is 7.89. The van der Waals surface area contributed by atoms with E-state index in [2.05, 4.69) is 10.3 Å². The molecule has 0 aliphatic carbocycles. The Morgan fingerprint density at radius 2 is 1.97 bits per heavy atom. The number of anilines is 1. The Bertz CT molecular complexity index is 1130. The highest BCUT2D eigenvalue weighted by atomic mass is 35.5. The molecule has 152 valence electrons. The van der Waals surface area contributed by atoms with Crippen LogP contribution in [0.4, 0.5) is 10.1 Å². The van der Waals surface area contributed by atoms with Gasteiger partial charge in [-0.15, -0.1) is 0 Å². The predicted octanol–water partition coefficient (Wildman–Crippen LogP) is 3.48. The molecular weight excluding hydrogens is 415 g/mol. The Kier molecular flexibility index (Phi) is 5.33. The van der Waals surface area contributed by atoms with Crippen LogP contribution in [0.15, 0.2) is 66.1 Å². The number of benzene rings is 2. The third-order valence-electron chi connectivity index (χ3n) is 5.03. The number of hydrogen-bond donors (Lipinski definition) is 1. The van der Waals surface area contributed by atoms with Gasteiger partial charge in [0, 0.05) is 49.0 Å². The number of sulfonamides is 1. The minimum atomic E-state index is -3.76. The van der Waals surface area contributed by atoms with Crippen molar-refractivity contribution in [1.29, 1.82) is 0 Å². The summed E-state index contributed by atoms with van der Waals surface area (Å²) < 4.78 is 43.0. The van der Waals surface area contributed by atoms with Crippen molar-refractivity contribution in [1.82, 2.24) is 13.9 Å². The van der Waals surface area contributed by atoms with Gasteiger partial charge in [0.2, 0.25) is 0 Å². The molecule has 1 aromatic heterocycles. The van der Waals surface area contributed by atoms with Gasteiger partial charge in [0.15, 0.2) is 5.03 Å². The number of nitrogens with zero attached hydrogens (tertiary/aromatic N) is 3. The third kappa shape index (κ3) is 4.14. The van der Waals surface area contributed by atoms with E-state index in [1.54, 1.807) is 29.8 Å². The highest BCUT2D eigenvalue weighted by Crippen LogP contribution is 2.33. The summed E-state index contributed by atoms with van der Waals surface area (Å²) in [6.07, 6.45) is 2.93. The van der Waals surface area contributed by atoms with Gasteiger partial charge in [-0.3, -0.25) is 0 Å². The van der Waals surface area contributed by atoms with Crippen molar-refractivity contribution in [3.8, 4) is 0 Å². The van der Waals surface area contributed by atoms with Gasteiger partial charge in [-0.25, -0.2) is 17.8 Å². The zero-order valence-electron chi connectivity index (χ0n) is 15.7. The maximum absolute atomic E-state index is 13.8. The van der Waals surface area contributed by atoms with E-state index >= 15 is 0 Å². The molecule has 6 nitrogen and oxygen atoms in total. The fraction of sp³-hybridized carbons (Fsp3) is 0.250. The number of hydrogen-bond acceptors (Lipinski definition) is 4. The summed E-state index contributed by atoms with van der Waals surface area (Å²) in [5.41, 5.74) is 1.52. The highest BCUT2D eigenvalue weighted by Gasteiger charge is 2.41. The van der Waals surface area contributed by atoms with Gasteiger partial charge in [-0.2, -0.15) is 4.31 Å². The summed E-state index contributed by atoms with van der Waals surface area (Å²) in [5, 5.41) is 3.95. The molecule has 9 heteroatoms. The van der Waals surface area contributed by atoms with Crippen molar-refractivity contribution in [3.05, 3.63) is 77.5 Å². The van der Waals surface area contributed by atoms with E-state index in [-0.39, 0.29) is 35.9 Å². The first kappa shape index (κ1) is 19.9. The fourth-order valence-corrected chi connectivity index (χ4v) is 5.28. The van der Waals surface area contributed by atoms with Gasteiger partial charge in [-0.05, 0) is 35.9 Å².